The first-order valence-corrected chi connectivity index (χ1v) is 8.26. The van der Waals surface area contributed by atoms with Crippen LogP contribution >= 0.6 is 0 Å². The third kappa shape index (κ3) is 3.53. The predicted molar refractivity (Wildman–Crippen MR) is 86.4 cm³/mol. The molecular formula is C17H25N3O2. The molecule has 3 rings (SSSR count). The molecule has 1 aromatic rings. The van der Waals surface area contributed by atoms with E-state index < -0.39 is 0 Å². The number of carbonyl (C=O) groups excluding carboxylic acids is 1. The van der Waals surface area contributed by atoms with Crippen molar-refractivity contribution in [2.24, 2.45) is 0 Å². The van der Waals surface area contributed by atoms with Crippen LogP contribution in [0.1, 0.15) is 18.1 Å². The first-order valence-electron chi connectivity index (χ1n) is 8.26. The molecule has 5 heteroatoms. The molecule has 120 valence electrons. The van der Waals surface area contributed by atoms with Crippen LogP contribution in [0.15, 0.2) is 18.2 Å². The molecule has 0 bridgehead atoms. The molecule has 1 saturated heterocycles. The van der Waals surface area contributed by atoms with E-state index in [-0.39, 0.29) is 6.03 Å². The van der Waals surface area contributed by atoms with Crippen molar-refractivity contribution in [2.75, 3.05) is 45.9 Å². The van der Waals surface area contributed by atoms with Crippen molar-refractivity contribution in [2.45, 2.75) is 19.8 Å². The Kier molecular flexibility index (Phi) is 4.83. The summed E-state index contributed by atoms with van der Waals surface area (Å²) in [5.41, 5.74) is 2.73. The van der Waals surface area contributed by atoms with E-state index in [2.05, 4.69) is 28.4 Å². The van der Waals surface area contributed by atoms with Crippen molar-refractivity contribution in [1.82, 2.24) is 15.1 Å². The van der Waals surface area contributed by atoms with Crippen molar-refractivity contribution in [3.05, 3.63) is 29.3 Å². The molecule has 5 nitrogen and oxygen atoms in total. The van der Waals surface area contributed by atoms with E-state index in [0.717, 1.165) is 57.9 Å². The van der Waals surface area contributed by atoms with Crippen molar-refractivity contribution in [1.29, 1.82) is 0 Å². The maximum atomic E-state index is 11.8. The van der Waals surface area contributed by atoms with Crippen molar-refractivity contribution in [3.8, 4) is 5.75 Å². The van der Waals surface area contributed by atoms with Gasteiger partial charge in [-0.3, -0.25) is 4.90 Å². The fraction of sp³-hybridized carbons (Fsp3) is 0.588. The summed E-state index contributed by atoms with van der Waals surface area (Å²) in [6.45, 7) is 8.10. The zero-order valence-electron chi connectivity index (χ0n) is 13.3. The van der Waals surface area contributed by atoms with Crippen molar-refractivity contribution >= 4 is 6.03 Å². The zero-order chi connectivity index (χ0) is 15.4. The van der Waals surface area contributed by atoms with Gasteiger partial charge in [-0.15, -0.1) is 0 Å². The standard InChI is InChI=1S/C17H25N3O2/c1-2-18-17(21)20-10-8-19(9-11-20)7-5-14-3-4-16-15(13-14)6-12-22-16/h3-4,13H,2,5-12H2,1H3,(H,18,21). The number of nitrogens with zero attached hydrogens (tertiary/aromatic N) is 2. The molecular weight excluding hydrogens is 278 g/mol. The Bertz CT molecular complexity index is 525. The fourth-order valence-corrected chi connectivity index (χ4v) is 3.12. The minimum absolute atomic E-state index is 0.0702. The molecule has 2 aliphatic rings. The van der Waals surface area contributed by atoms with Gasteiger partial charge in [0.1, 0.15) is 5.75 Å². The van der Waals surface area contributed by atoms with Crippen LogP contribution in [-0.2, 0) is 12.8 Å². The molecule has 0 aliphatic carbocycles. The fourth-order valence-electron chi connectivity index (χ4n) is 3.12. The summed E-state index contributed by atoms with van der Waals surface area (Å²) in [5.74, 6) is 1.05. The summed E-state index contributed by atoms with van der Waals surface area (Å²) in [5, 5.41) is 2.87. The average Bonchev–Trinajstić information content (AvgIpc) is 3.01. The molecule has 2 heterocycles. The van der Waals surface area contributed by atoms with Crippen LogP contribution in [0.3, 0.4) is 0 Å². The van der Waals surface area contributed by atoms with Crippen LogP contribution in [0.2, 0.25) is 0 Å². The molecule has 0 aromatic heterocycles. The maximum absolute atomic E-state index is 11.8. The van der Waals surface area contributed by atoms with Crippen LogP contribution in [-0.4, -0.2) is 61.7 Å². The molecule has 0 spiro atoms. The third-order valence-corrected chi connectivity index (χ3v) is 4.46. The number of nitrogens with one attached hydrogen (secondary N) is 1. The van der Waals surface area contributed by atoms with Crippen molar-refractivity contribution < 1.29 is 9.53 Å². The Morgan fingerprint density at radius 3 is 2.86 bits per heavy atom. The Morgan fingerprint density at radius 2 is 2.09 bits per heavy atom. The third-order valence-electron chi connectivity index (χ3n) is 4.46. The summed E-state index contributed by atoms with van der Waals surface area (Å²) >= 11 is 0. The second-order valence-electron chi connectivity index (χ2n) is 5.95. The molecule has 0 radical (unpaired) electrons. The second kappa shape index (κ2) is 7.01. The van der Waals surface area contributed by atoms with E-state index in [1.54, 1.807) is 0 Å². The minimum atomic E-state index is 0.0702. The quantitative estimate of drug-likeness (QED) is 0.917. The van der Waals surface area contributed by atoms with Gasteiger partial charge in [0.2, 0.25) is 0 Å². The van der Waals surface area contributed by atoms with Gasteiger partial charge in [0, 0.05) is 45.7 Å². The molecule has 1 fully saturated rings. The Balaban J connectivity index is 1.44. The summed E-state index contributed by atoms with van der Waals surface area (Å²) in [4.78, 5) is 16.1. The molecule has 0 unspecified atom stereocenters. The maximum Gasteiger partial charge on any atom is 0.317 e. The van der Waals surface area contributed by atoms with E-state index in [1.807, 2.05) is 11.8 Å². The number of hydrogen-bond donors (Lipinski definition) is 1. The van der Waals surface area contributed by atoms with Crippen LogP contribution in [0.25, 0.3) is 0 Å². The second-order valence-corrected chi connectivity index (χ2v) is 5.95. The number of ether oxygens (including phenoxy) is 1. The normalized spacial score (nSPS) is 18.0. The number of rotatable bonds is 4. The van der Waals surface area contributed by atoms with Gasteiger partial charge < -0.3 is 15.0 Å². The summed E-state index contributed by atoms with van der Waals surface area (Å²) in [6.07, 6.45) is 2.10. The van der Waals surface area contributed by atoms with Crippen LogP contribution in [0.4, 0.5) is 4.79 Å². The number of carbonyl (C=O) groups is 1. The van der Waals surface area contributed by atoms with E-state index in [4.69, 9.17) is 4.74 Å². The van der Waals surface area contributed by atoms with E-state index >= 15 is 0 Å². The van der Waals surface area contributed by atoms with Crippen LogP contribution in [0.5, 0.6) is 5.75 Å². The molecule has 22 heavy (non-hydrogen) atoms. The topological polar surface area (TPSA) is 44.8 Å². The molecule has 0 atom stereocenters. The van der Waals surface area contributed by atoms with E-state index in [9.17, 15) is 4.79 Å². The lowest BCUT2D eigenvalue weighted by Gasteiger charge is -2.34. The largest absolute Gasteiger partial charge is 0.493 e. The van der Waals surface area contributed by atoms with E-state index in [0.29, 0.717) is 6.54 Å². The van der Waals surface area contributed by atoms with Gasteiger partial charge in [0.15, 0.2) is 0 Å². The van der Waals surface area contributed by atoms with Gasteiger partial charge in [0.25, 0.3) is 0 Å². The number of hydrogen-bond acceptors (Lipinski definition) is 3. The summed E-state index contributed by atoms with van der Waals surface area (Å²) in [7, 11) is 0. The highest BCUT2D eigenvalue weighted by Crippen LogP contribution is 2.26. The lowest BCUT2D eigenvalue weighted by molar-refractivity contribution is 0.140. The lowest BCUT2D eigenvalue weighted by Crippen LogP contribution is -2.52. The molecule has 0 saturated carbocycles. The highest BCUT2D eigenvalue weighted by Gasteiger charge is 2.20. The molecule has 1 N–H and O–H groups in total. The van der Waals surface area contributed by atoms with Crippen LogP contribution < -0.4 is 10.1 Å². The monoisotopic (exact) mass is 303 g/mol. The first-order chi connectivity index (χ1) is 10.8. The number of amides is 2. The van der Waals surface area contributed by atoms with E-state index in [1.165, 1.54) is 11.1 Å². The lowest BCUT2D eigenvalue weighted by atomic mass is 10.1. The zero-order valence-corrected chi connectivity index (χ0v) is 13.3. The number of urea groups is 1. The molecule has 2 aliphatic heterocycles. The Morgan fingerprint density at radius 1 is 1.27 bits per heavy atom. The number of fused-ring (bicyclic) bond motifs is 1. The highest BCUT2D eigenvalue weighted by atomic mass is 16.5. The van der Waals surface area contributed by atoms with Gasteiger partial charge in [0.05, 0.1) is 6.61 Å². The van der Waals surface area contributed by atoms with Gasteiger partial charge in [-0.25, -0.2) is 4.79 Å². The van der Waals surface area contributed by atoms with Gasteiger partial charge >= 0.3 is 6.03 Å². The highest BCUT2D eigenvalue weighted by molar-refractivity contribution is 5.74. The number of piperazine rings is 1. The van der Waals surface area contributed by atoms with Gasteiger partial charge in [-0.1, -0.05) is 12.1 Å². The SMILES string of the molecule is CCNC(=O)N1CCN(CCc2ccc3c(c2)CCO3)CC1. The minimum Gasteiger partial charge on any atom is -0.493 e. The summed E-state index contributed by atoms with van der Waals surface area (Å²) in [6, 6.07) is 6.63. The predicted octanol–water partition coefficient (Wildman–Crippen LogP) is 1.51. The van der Waals surface area contributed by atoms with Crippen LogP contribution in [0, 0.1) is 0 Å². The smallest absolute Gasteiger partial charge is 0.317 e. The average molecular weight is 303 g/mol. The van der Waals surface area contributed by atoms with Gasteiger partial charge in [-0.2, -0.15) is 0 Å². The molecule has 1 aromatic carbocycles. The first kappa shape index (κ1) is 15.2. The Hall–Kier alpha value is -1.75. The van der Waals surface area contributed by atoms with Crippen molar-refractivity contribution in [3.63, 3.8) is 0 Å². The summed E-state index contributed by atoms with van der Waals surface area (Å²) < 4.78 is 5.55. The molecule has 2 amide bonds. The Labute approximate surface area is 132 Å². The van der Waals surface area contributed by atoms with Gasteiger partial charge in [-0.05, 0) is 30.5 Å². The number of benzene rings is 1.